The third kappa shape index (κ3) is 2.61. The van der Waals surface area contributed by atoms with E-state index in [1.165, 1.54) is 4.52 Å². The number of aromatic nitrogens is 5. The van der Waals surface area contributed by atoms with Gasteiger partial charge in [-0.15, -0.1) is 0 Å². The monoisotopic (exact) mass is 354 g/mol. The van der Waals surface area contributed by atoms with Gasteiger partial charge in [-0.25, -0.2) is 9.50 Å². The summed E-state index contributed by atoms with van der Waals surface area (Å²) in [6, 6.07) is 3.34. The van der Waals surface area contributed by atoms with Crippen LogP contribution in [0.5, 0.6) is 0 Å². The average molecular weight is 354 g/mol. The molecule has 26 heavy (non-hydrogen) atoms. The van der Waals surface area contributed by atoms with Crippen LogP contribution in [0.1, 0.15) is 53.2 Å². The van der Waals surface area contributed by atoms with Gasteiger partial charge >= 0.3 is 0 Å². The fourth-order valence-electron chi connectivity index (χ4n) is 3.71. The first-order valence-corrected chi connectivity index (χ1v) is 8.90. The number of likely N-dealkylation sites (tertiary alicyclic amines) is 1. The molecule has 3 aromatic heterocycles. The topological polar surface area (TPSA) is 88.3 Å². The number of aromatic amines is 1. The van der Waals surface area contributed by atoms with Crippen LogP contribution in [-0.4, -0.2) is 41.7 Å². The van der Waals surface area contributed by atoms with Crippen LogP contribution in [0.4, 0.5) is 0 Å². The van der Waals surface area contributed by atoms with Crippen molar-refractivity contribution in [2.75, 3.05) is 6.54 Å². The Labute approximate surface area is 150 Å². The Kier molecular flexibility index (Phi) is 3.90. The van der Waals surface area contributed by atoms with Crippen molar-refractivity contribution < 1.29 is 4.79 Å². The number of carbonyl (C=O) groups is 1. The Balaban J connectivity index is 1.71. The van der Waals surface area contributed by atoms with Crippen molar-refractivity contribution in [1.82, 2.24) is 29.3 Å². The van der Waals surface area contributed by atoms with Crippen molar-refractivity contribution in [3.8, 4) is 0 Å². The van der Waals surface area contributed by atoms with Crippen LogP contribution < -0.4 is 5.56 Å². The van der Waals surface area contributed by atoms with Gasteiger partial charge in [0, 0.05) is 37.6 Å². The Morgan fingerprint density at radius 1 is 1.38 bits per heavy atom. The van der Waals surface area contributed by atoms with Crippen LogP contribution in [0.3, 0.4) is 0 Å². The second kappa shape index (κ2) is 6.12. The maximum absolute atomic E-state index is 13.0. The summed E-state index contributed by atoms with van der Waals surface area (Å²) < 4.78 is 3.11. The molecule has 1 fully saturated rings. The molecule has 0 saturated carbocycles. The molecule has 4 rings (SSSR count). The van der Waals surface area contributed by atoms with Crippen LogP contribution >= 0.6 is 0 Å². The fraction of sp³-hybridized carbons (Fsp3) is 0.444. The molecule has 0 unspecified atom stereocenters. The molecule has 1 amide bonds. The first-order valence-electron chi connectivity index (χ1n) is 8.90. The number of nitrogens with one attached hydrogen (secondary N) is 1. The lowest BCUT2D eigenvalue weighted by molar-refractivity contribution is 0.0732. The van der Waals surface area contributed by atoms with Gasteiger partial charge in [-0.3, -0.25) is 19.4 Å². The zero-order valence-electron chi connectivity index (χ0n) is 15.2. The number of amides is 1. The van der Waals surface area contributed by atoms with Gasteiger partial charge < -0.3 is 4.90 Å². The highest BCUT2D eigenvalue weighted by Gasteiger charge is 2.33. The van der Waals surface area contributed by atoms with Gasteiger partial charge in [-0.05, 0) is 26.2 Å². The lowest BCUT2D eigenvalue weighted by Crippen LogP contribution is -2.31. The minimum atomic E-state index is -0.128. The number of carbonyl (C=O) groups excluding carboxylic acids is 1. The van der Waals surface area contributed by atoms with Crippen LogP contribution in [0.2, 0.25) is 0 Å². The molecule has 0 bridgehead atoms. The van der Waals surface area contributed by atoms with E-state index in [1.54, 1.807) is 16.9 Å². The van der Waals surface area contributed by atoms with E-state index < -0.39 is 0 Å². The average Bonchev–Trinajstić information content (AvgIpc) is 3.31. The molecule has 0 radical (unpaired) electrons. The quantitative estimate of drug-likeness (QED) is 0.774. The Morgan fingerprint density at radius 3 is 2.88 bits per heavy atom. The molecule has 1 aliphatic rings. The van der Waals surface area contributed by atoms with E-state index in [0.29, 0.717) is 24.2 Å². The third-order valence-corrected chi connectivity index (χ3v) is 5.00. The summed E-state index contributed by atoms with van der Waals surface area (Å²) in [7, 11) is 1.81. The maximum atomic E-state index is 13.0. The predicted octanol–water partition coefficient (Wildman–Crippen LogP) is 1.60. The molecule has 0 aromatic carbocycles. The lowest BCUT2D eigenvalue weighted by Gasteiger charge is -2.23. The van der Waals surface area contributed by atoms with Crippen molar-refractivity contribution >= 4 is 11.6 Å². The highest BCUT2D eigenvalue weighted by molar-refractivity contribution is 5.95. The molecule has 8 heteroatoms. The highest BCUT2D eigenvalue weighted by Crippen LogP contribution is 2.33. The lowest BCUT2D eigenvalue weighted by atomic mass is 10.1. The molecule has 0 aliphatic carbocycles. The van der Waals surface area contributed by atoms with E-state index in [2.05, 4.69) is 15.2 Å². The van der Waals surface area contributed by atoms with E-state index in [4.69, 9.17) is 0 Å². The van der Waals surface area contributed by atoms with Gasteiger partial charge in [0.15, 0.2) is 5.65 Å². The number of nitrogens with zero attached hydrogens (tertiary/aromatic N) is 5. The van der Waals surface area contributed by atoms with Crippen molar-refractivity contribution in [2.24, 2.45) is 7.05 Å². The first kappa shape index (κ1) is 16.6. The molecule has 1 saturated heterocycles. The fourth-order valence-corrected chi connectivity index (χ4v) is 3.71. The number of hydrogen-bond acceptors (Lipinski definition) is 4. The van der Waals surface area contributed by atoms with E-state index >= 15 is 0 Å². The van der Waals surface area contributed by atoms with Crippen LogP contribution in [0.25, 0.3) is 5.65 Å². The Morgan fingerprint density at radius 2 is 2.19 bits per heavy atom. The van der Waals surface area contributed by atoms with Crippen molar-refractivity contribution in [3.63, 3.8) is 0 Å². The smallest absolute Gasteiger partial charge is 0.272 e. The van der Waals surface area contributed by atoms with E-state index in [-0.39, 0.29) is 17.5 Å². The molecule has 3 aromatic rings. The van der Waals surface area contributed by atoms with Gasteiger partial charge in [0.2, 0.25) is 0 Å². The largest absolute Gasteiger partial charge is 0.330 e. The molecule has 1 atom stereocenters. The maximum Gasteiger partial charge on any atom is 0.272 e. The predicted molar refractivity (Wildman–Crippen MR) is 96.1 cm³/mol. The van der Waals surface area contributed by atoms with Crippen LogP contribution in [0.15, 0.2) is 23.1 Å². The van der Waals surface area contributed by atoms with Gasteiger partial charge in [-0.1, -0.05) is 6.92 Å². The zero-order chi connectivity index (χ0) is 18.4. The van der Waals surface area contributed by atoms with E-state index in [9.17, 15) is 9.59 Å². The van der Waals surface area contributed by atoms with Gasteiger partial charge in [0.25, 0.3) is 11.5 Å². The van der Waals surface area contributed by atoms with E-state index in [0.717, 1.165) is 29.9 Å². The van der Waals surface area contributed by atoms with Crippen LogP contribution in [0, 0.1) is 6.92 Å². The number of aryl methyl sites for hydroxylation is 3. The second-order valence-electron chi connectivity index (χ2n) is 6.80. The number of fused-ring (bicyclic) bond motifs is 1. The molecule has 4 heterocycles. The number of H-pyrrole nitrogens is 1. The minimum absolute atomic E-state index is 0.0219. The molecular weight excluding hydrogens is 332 g/mol. The van der Waals surface area contributed by atoms with Gasteiger partial charge in [0.05, 0.1) is 23.0 Å². The summed E-state index contributed by atoms with van der Waals surface area (Å²) in [5.41, 5.74) is 3.43. The summed E-state index contributed by atoms with van der Waals surface area (Å²) in [5.74, 6) is -0.0219. The zero-order valence-corrected chi connectivity index (χ0v) is 15.2. The van der Waals surface area contributed by atoms with Gasteiger partial charge in [0.1, 0.15) is 0 Å². The molecule has 8 nitrogen and oxygen atoms in total. The van der Waals surface area contributed by atoms with Crippen LogP contribution in [-0.2, 0) is 13.5 Å². The Hall–Kier alpha value is -2.90. The second-order valence-corrected chi connectivity index (χ2v) is 6.80. The molecule has 1 N–H and O–H groups in total. The molecular formula is C18H22N6O2. The summed E-state index contributed by atoms with van der Waals surface area (Å²) in [6.45, 7) is 4.51. The summed E-state index contributed by atoms with van der Waals surface area (Å²) in [6.07, 6.45) is 4.25. The summed E-state index contributed by atoms with van der Waals surface area (Å²) >= 11 is 0. The molecule has 1 aliphatic heterocycles. The number of rotatable bonds is 3. The Bertz CT molecular complexity index is 1040. The normalized spacial score (nSPS) is 17.3. The molecule has 136 valence electrons. The summed E-state index contributed by atoms with van der Waals surface area (Å²) in [5, 5.41) is 7.41. The number of hydrogen-bond donors (Lipinski definition) is 1. The van der Waals surface area contributed by atoms with E-state index in [1.807, 2.05) is 31.9 Å². The van der Waals surface area contributed by atoms with Crippen molar-refractivity contribution in [1.29, 1.82) is 0 Å². The standard InChI is InChI=1S/C18H22N6O2/c1-4-12-8-17(25)24-16(19-12)9-14(21-24)15-6-5-7-23(15)18(26)13-10-22(3)20-11(13)2/h8-10,15,21H,4-7H2,1-3H3/t15-/m0/s1. The summed E-state index contributed by atoms with van der Waals surface area (Å²) in [4.78, 5) is 31.7. The van der Waals surface area contributed by atoms with Crippen molar-refractivity contribution in [3.05, 3.63) is 51.3 Å². The molecule has 0 spiro atoms. The highest BCUT2D eigenvalue weighted by atomic mass is 16.2. The van der Waals surface area contributed by atoms with Gasteiger partial charge in [-0.2, -0.15) is 5.10 Å². The van der Waals surface area contributed by atoms with Crippen molar-refractivity contribution in [2.45, 2.75) is 39.2 Å². The first-order chi connectivity index (χ1) is 12.5. The minimum Gasteiger partial charge on any atom is -0.330 e. The third-order valence-electron chi connectivity index (χ3n) is 5.00. The SMILES string of the molecule is CCc1cc(=O)n2[nH]c([C@@H]3CCCN3C(=O)c3cn(C)nc3C)cc2n1.